The van der Waals surface area contributed by atoms with Crippen LogP contribution in [0.1, 0.15) is 6.42 Å². The zero-order valence-electron chi connectivity index (χ0n) is 6.68. The van der Waals surface area contributed by atoms with Crippen LogP contribution in [0.4, 0.5) is 13.2 Å². The van der Waals surface area contributed by atoms with Crippen molar-refractivity contribution in [3.05, 3.63) is 0 Å². The molecule has 7 heteroatoms. The maximum atomic E-state index is 11.5. The molecule has 0 saturated heterocycles. The molecule has 0 bridgehead atoms. The number of esters is 1. The second-order valence-electron chi connectivity index (χ2n) is 1.96. The molecule has 0 aliphatic carbocycles. The fourth-order valence-corrected chi connectivity index (χ4v) is 0.782. The fourth-order valence-electron chi connectivity index (χ4n) is 0.411. The topological polar surface area (TPSA) is 26.3 Å². The van der Waals surface area contributed by atoms with Gasteiger partial charge in [-0.2, -0.15) is 13.2 Å². The molecule has 0 unspecified atom stereocenters. The van der Waals surface area contributed by atoms with Gasteiger partial charge in [0.1, 0.15) is 0 Å². The average molecular weight is 232 g/mol. The summed E-state index contributed by atoms with van der Waals surface area (Å²) in [6.07, 6.45) is -3.05. The molecule has 0 spiro atoms. The summed E-state index contributed by atoms with van der Waals surface area (Å²) in [6, 6.07) is 0. The van der Waals surface area contributed by atoms with Gasteiger partial charge in [0.25, 0.3) is 0 Å². The van der Waals surface area contributed by atoms with E-state index in [0.29, 0.717) is 4.20 Å². The highest BCUT2D eigenvalue weighted by Crippen LogP contribution is 2.16. The number of alkyl halides is 3. The Morgan fingerprint density at radius 1 is 1.54 bits per heavy atom. The van der Waals surface area contributed by atoms with Gasteiger partial charge in [0.2, 0.25) is 0 Å². The third-order valence-electron chi connectivity index (χ3n) is 0.998. The van der Waals surface area contributed by atoms with Gasteiger partial charge in [0, 0.05) is 6.42 Å². The maximum Gasteiger partial charge on any atom is 0.490 e. The Labute approximate surface area is 82.8 Å². The van der Waals surface area contributed by atoms with Crippen LogP contribution in [0.3, 0.4) is 0 Å². The smallest absolute Gasteiger partial charge is 0.459 e. The van der Waals surface area contributed by atoms with Crippen molar-refractivity contribution in [2.24, 2.45) is 0 Å². The number of thioether (sulfide) groups is 1. The van der Waals surface area contributed by atoms with Gasteiger partial charge in [-0.05, 0) is 6.26 Å². The first-order valence-electron chi connectivity index (χ1n) is 3.18. The van der Waals surface area contributed by atoms with Gasteiger partial charge in [0.15, 0.2) is 0 Å². The molecular formula is C6H7F3O2S2. The van der Waals surface area contributed by atoms with Crippen molar-refractivity contribution < 1.29 is 22.7 Å². The van der Waals surface area contributed by atoms with E-state index in [2.05, 4.69) is 4.74 Å². The summed E-state index contributed by atoms with van der Waals surface area (Å²) in [6.45, 7) is -0.321. The Hall–Kier alpha value is -0.300. The molecule has 0 aromatic heterocycles. The Bertz CT molecular complexity index is 203. The van der Waals surface area contributed by atoms with Gasteiger partial charge in [-0.3, -0.25) is 0 Å². The van der Waals surface area contributed by atoms with E-state index in [9.17, 15) is 18.0 Å². The third-order valence-corrected chi connectivity index (χ3v) is 2.36. The Morgan fingerprint density at radius 3 is 2.46 bits per heavy atom. The number of thiocarbonyl (C=S) groups is 1. The largest absolute Gasteiger partial charge is 0.490 e. The molecule has 0 aliphatic rings. The molecule has 0 radical (unpaired) electrons. The van der Waals surface area contributed by atoms with Crippen LogP contribution in [0.25, 0.3) is 0 Å². The lowest BCUT2D eigenvalue weighted by Crippen LogP contribution is -2.26. The zero-order chi connectivity index (χ0) is 10.5. The van der Waals surface area contributed by atoms with E-state index in [1.54, 1.807) is 6.26 Å². The van der Waals surface area contributed by atoms with Crippen molar-refractivity contribution in [1.82, 2.24) is 0 Å². The van der Waals surface area contributed by atoms with E-state index >= 15 is 0 Å². The molecule has 0 aliphatic heterocycles. The molecule has 0 atom stereocenters. The van der Waals surface area contributed by atoms with Gasteiger partial charge in [-0.1, -0.05) is 12.2 Å². The van der Waals surface area contributed by atoms with Gasteiger partial charge in [-0.15, -0.1) is 11.8 Å². The highest BCUT2D eigenvalue weighted by Gasteiger charge is 2.40. The minimum atomic E-state index is -4.92. The molecule has 0 rings (SSSR count). The van der Waals surface area contributed by atoms with Crippen LogP contribution < -0.4 is 0 Å². The number of hydrogen-bond acceptors (Lipinski definition) is 4. The minimum absolute atomic E-state index is 0.165. The van der Waals surface area contributed by atoms with Gasteiger partial charge >= 0.3 is 12.1 Å². The van der Waals surface area contributed by atoms with Crippen molar-refractivity contribution in [3.63, 3.8) is 0 Å². The SMILES string of the molecule is CSC(=S)CCOC(=O)C(F)(F)F. The molecule has 0 fully saturated rings. The van der Waals surface area contributed by atoms with Crippen molar-refractivity contribution in [2.75, 3.05) is 12.9 Å². The molecule has 0 amide bonds. The monoisotopic (exact) mass is 232 g/mol. The van der Waals surface area contributed by atoms with Crippen molar-refractivity contribution in [1.29, 1.82) is 0 Å². The highest BCUT2D eigenvalue weighted by molar-refractivity contribution is 8.22. The fraction of sp³-hybridized carbons (Fsp3) is 0.667. The highest BCUT2D eigenvalue weighted by atomic mass is 32.2. The number of hydrogen-bond donors (Lipinski definition) is 0. The minimum Gasteiger partial charge on any atom is -0.459 e. The predicted octanol–water partition coefficient (Wildman–Crippen LogP) is 2.17. The van der Waals surface area contributed by atoms with E-state index in [4.69, 9.17) is 12.2 Å². The Kier molecular flexibility index (Phi) is 5.31. The lowest BCUT2D eigenvalue weighted by atomic mass is 10.5. The first-order chi connectivity index (χ1) is 5.88. The Morgan fingerprint density at radius 2 is 2.08 bits per heavy atom. The van der Waals surface area contributed by atoms with Crippen molar-refractivity contribution in [3.8, 4) is 0 Å². The second kappa shape index (κ2) is 5.43. The first kappa shape index (κ1) is 12.7. The second-order valence-corrected chi connectivity index (χ2v) is 3.61. The first-order valence-corrected chi connectivity index (χ1v) is 4.82. The molecule has 0 saturated carbocycles. The van der Waals surface area contributed by atoms with Crippen molar-refractivity contribution in [2.45, 2.75) is 12.6 Å². The molecule has 0 heterocycles. The van der Waals surface area contributed by atoms with E-state index < -0.39 is 12.1 Å². The summed E-state index contributed by atoms with van der Waals surface area (Å²) < 4.78 is 39.1. The van der Waals surface area contributed by atoms with Crippen LogP contribution in [0.15, 0.2) is 0 Å². The van der Waals surface area contributed by atoms with E-state index in [1.807, 2.05) is 0 Å². The quantitative estimate of drug-likeness (QED) is 0.550. The number of rotatable bonds is 3. The van der Waals surface area contributed by atoms with Gasteiger partial charge in [-0.25, -0.2) is 4.79 Å². The molecule has 0 N–H and O–H groups in total. The maximum absolute atomic E-state index is 11.5. The summed E-state index contributed by atoms with van der Waals surface area (Å²) in [4.78, 5) is 10.1. The lowest BCUT2D eigenvalue weighted by Gasteiger charge is -2.06. The summed E-state index contributed by atoms with van der Waals surface area (Å²) >= 11 is 5.93. The van der Waals surface area contributed by atoms with E-state index in [1.165, 1.54) is 11.8 Å². The molecule has 0 aromatic carbocycles. The molecule has 0 aromatic rings. The molecular weight excluding hydrogens is 225 g/mol. The van der Waals surface area contributed by atoms with Gasteiger partial charge in [0.05, 0.1) is 10.8 Å². The third kappa shape index (κ3) is 5.87. The Balaban J connectivity index is 3.67. The number of halogens is 3. The molecule has 2 nitrogen and oxygen atoms in total. The predicted molar refractivity (Wildman–Crippen MR) is 47.7 cm³/mol. The summed E-state index contributed by atoms with van der Waals surface area (Å²) in [5.41, 5.74) is 0. The van der Waals surface area contributed by atoms with Crippen LogP contribution in [0.2, 0.25) is 0 Å². The lowest BCUT2D eigenvalue weighted by molar-refractivity contribution is -0.199. The zero-order valence-corrected chi connectivity index (χ0v) is 8.31. The summed E-state index contributed by atoms with van der Waals surface area (Å²) in [7, 11) is 0. The number of ether oxygens (including phenoxy) is 1. The van der Waals surface area contributed by atoms with E-state index in [-0.39, 0.29) is 13.0 Å². The van der Waals surface area contributed by atoms with Crippen LogP contribution >= 0.6 is 24.0 Å². The molecule has 76 valence electrons. The van der Waals surface area contributed by atoms with E-state index in [0.717, 1.165) is 0 Å². The standard InChI is InChI=1S/C6H7F3O2S2/c1-13-4(12)2-3-11-5(10)6(7,8)9/h2-3H2,1H3. The molecule has 13 heavy (non-hydrogen) atoms. The summed E-state index contributed by atoms with van der Waals surface area (Å²) in [5, 5.41) is 0. The summed E-state index contributed by atoms with van der Waals surface area (Å²) in [5.74, 6) is -2.17. The van der Waals surface area contributed by atoms with Crippen LogP contribution in [0, 0.1) is 0 Å². The average Bonchev–Trinajstić information content (AvgIpc) is 2.02. The van der Waals surface area contributed by atoms with Crippen LogP contribution in [-0.2, 0) is 9.53 Å². The van der Waals surface area contributed by atoms with Crippen LogP contribution in [0.5, 0.6) is 0 Å². The normalized spacial score (nSPS) is 11.1. The number of carbonyl (C=O) groups excluding carboxylic acids is 1. The number of carbonyl (C=O) groups is 1. The van der Waals surface area contributed by atoms with Crippen molar-refractivity contribution >= 4 is 34.1 Å². The van der Waals surface area contributed by atoms with Gasteiger partial charge < -0.3 is 4.74 Å². The van der Waals surface area contributed by atoms with Crippen LogP contribution in [-0.4, -0.2) is 29.2 Å².